The third-order valence-electron chi connectivity index (χ3n) is 6.58. The first kappa shape index (κ1) is 18.2. The van der Waals surface area contributed by atoms with E-state index >= 15 is 0 Å². The SMILES string of the molecule is NC(=O)c1cccnc1C1CCC(c2ccccc2)(N2CCCCC2)CC1. The largest absolute Gasteiger partial charge is 0.366 e. The lowest BCUT2D eigenvalue weighted by atomic mass is 9.70. The van der Waals surface area contributed by atoms with E-state index in [-0.39, 0.29) is 11.4 Å². The number of nitrogens with two attached hydrogens (primary N) is 1. The summed E-state index contributed by atoms with van der Waals surface area (Å²) in [6, 6.07) is 14.6. The molecule has 0 atom stereocenters. The van der Waals surface area contributed by atoms with Crippen molar-refractivity contribution in [2.45, 2.75) is 56.4 Å². The van der Waals surface area contributed by atoms with Crippen LogP contribution < -0.4 is 5.73 Å². The zero-order valence-corrected chi connectivity index (χ0v) is 15.9. The molecule has 0 spiro atoms. The van der Waals surface area contributed by atoms with Gasteiger partial charge in [0.15, 0.2) is 0 Å². The summed E-state index contributed by atoms with van der Waals surface area (Å²) in [5, 5.41) is 0. The number of carbonyl (C=O) groups excluding carboxylic acids is 1. The molecule has 27 heavy (non-hydrogen) atoms. The van der Waals surface area contributed by atoms with Gasteiger partial charge in [-0.05, 0) is 69.3 Å². The van der Waals surface area contributed by atoms with Crippen LogP contribution >= 0.6 is 0 Å². The molecule has 142 valence electrons. The molecule has 0 radical (unpaired) electrons. The summed E-state index contributed by atoms with van der Waals surface area (Å²) in [6.07, 6.45) is 10.0. The fourth-order valence-electron chi connectivity index (χ4n) is 5.18. The van der Waals surface area contributed by atoms with Crippen molar-refractivity contribution in [2.75, 3.05) is 13.1 Å². The second-order valence-corrected chi connectivity index (χ2v) is 8.02. The van der Waals surface area contributed by atoms with Gasteiger partial charge in [-0.2, -0.15) is 0 Å². The second-order valence-electron chi connectivity index (χ2n) is 8.02. The topological polar surface area (TPSA) is 59.2 Å². The van der Waals surface area contributed by atoms with Crippen LogP contribution in [0, 0.1) is 0 Å². The second kappa shape index (κ2) is 7.81. The Kier molecular flexibility index (Phi) is 5.26. The van der Waals surface area contributed by atoms with E-state index in [0.29, 0.717) is 11.5 Å². The van der Waals surface area contributed by atoms with Crippen molar-refractivity contribution in [2.24, 2.45) is 5.73 Å². The van der Waals surface area contributed by atoms with Gasteiger partial charge in [-0.3, -0.25) is 14.7 Å². The minimum absolute atomic E-state index is 0.125. The molecule has 2 aromatic rings. The molecule has 1 saturated heterocycles. The third kappa shape index (κ3) is 3.51. The Morgan fingerprint density at radius 2 is 1.70 bits per heavy atom. The van der Waals surface area contributed by atoms with Crippen LogP contribution in [0.3, 0.4) is 0 Å². The van der Waals surface area contributed by atoms with Gasteiger partial charge in [0.25, 0.3) is 5.91 Å². The molecule has 1 aliphatic heterocycles. The maximum Gasteiger partial charge on any atom is 0.250 e. The molecule has 2 aliphatic rings. The van der Waals surface area contributed by atoms with Crippen LogP contribution in [0.5, 0.6) is 0 Å². The number of amides is 1. The third-order valence-corrected chi connectivity index (χ3v) is 6.58. The molecule has 1 amide bonds. The molecule has 2 fully saturated rings. The van der Waals surface area contributed by atoms with Crippen LogP contribution in [0.15, 0.2) is 48.7 Å². The smallest absolute Gasteiger partial charge is 0.250 e. The Morgan fingerprint density at radius 3 is 2.37 bits per heavy atom. The van der Waals surface area contributed by atoms with Crippen LogP contribution in [-0.2, 0) is 5.54 Å². The van der Waals surface area contributed by atoms with Crippen LogP contribution in [0.1, 0.15) is 72.5 Å². The van der Waals surface area contributed by atoms with Gasteiger partial charge in [0.2, 0.25) is 0 Å². The molecule has 4 heteroatoms. The number of benzene rings is 1. The summed E-state index contributed by atoms with van der Waals surface area (Å²) in [7, 11) is 0. The average molecular weight is 364 g/mol. The van der Waals surface area contributed by atoms with Crippen molar-refractivity contribution in [3.05, 3.63) is 65.5 Å². The van der Waals surface area contributed by atoms with Crippen molar-refractivity contribution in [1.82, 2.24) is 9.88 Å². The molecular weight excluding hydrogens is 334 g/mol. The van der Waals surface area contributed by atoms with Crippen LogP contribution in [-0.4, -0.2) is 28.9 Å². The molecule has 1 aliphatic carbocycles. The summed E-state index contributed by atoms with van der Waals surface area (Å²) < 4.78 is 0. The van der Waals surface area contributed by atoms with E-state index in [1.165, 1.54) is 37.9 Å². The van der Waals surface area contributed by atoms with E-state index < -0.39 is 0 Å². The molecule has 1 aromatic carbocycles. The number of rotatable bonds is 4. The highest BCUT2D eigenvalue weighted by molar-refractivity contribution is 5.94. The highest BCUT2D eigenvalue weighted by Crippen LogP contribution is 2.47. The zero-order valence-electron chi connectivity index (χ0n) is 15.9. The highest BCUT2D eigenvalue weighted by atomic mass is 16.1. The fourth-order valence-corrected chi connectivity index (χ4v) is 5.18. The molecule has 2 N–H and O–H groups in total. The molecule has 1 saturated carbocycles. The Balaban J connectivity index is 1.61. The zero-order chi connectivity index (χ0) is 18.7. The quantitative estimate of drug-likeness (QED) is 0.885. The molecule has 2 heterocycles. The van der Waals surface area contributed by atoms with E-state index in [1.54, 1.807) is 12.3 Å². The van der Waals surface area contributed by atoms with Crippen molar-refractivity contribution < 1.29 is 4.79 Å². The van der Waals surface area contributed by atoms with Crippen LogP contribution in [0.25, 0.3) is 0 Å². The Hall–Kier alpha value is -2.20. The molecule has 0 unspecified atom stereocenters. The predicted molar refractivity (Wildman–Crippen MR) is 108 cm³/mol. The summed E-state index contributed by atoms with van der Waals surface area (Å²) in [5.74, 6) is -0.0515. The number of likely N-dealkylation sites (tertiary alicyclic amines) is 1. The molecule has 0 bridgehead atoms. The van der Waals surface area contributed by atoms with Crippen molar-refractivity contribution in [3.63, 3.8) is 0 Å². The maximum atomic E-state index is 11.8. The maximum absolute atomic E-state index is 11.8. The summed E-state index contributed by atoms with van der Waals surface area (Å²) in [4.78, 5) is 19.1. The van der Waals surface area contributed by atoms with Gasteiger partial charge < -0.3 is 5.73 Å². The predicted octanol–water partition coefficient (Wildman–Crippen LogP) is 4.22. The number of pyridine rings is 1. The standard InChI is InChI=1S/C23H29N3O/c24-22(27)20-10-7-15-25-21(20)18-11-13-23(14-12-18,19-8-3-1-4-9-19)26-16-5-2-6-17-26/h1,3-4,7-10,15,18H,2,5-6,11-14,16-17H2,(H2,24,27). The lowest BCUT2D eigenvalue weighted by Crippen LogP contribution is -2.50. The van der Waals surface area contributed by atoms with Crippen molar-refractivity contribution >= 4 is 5.91 Å². The molecule has 1 aromatic heterocycles. The number of hydrogen-bond acceptors (Lipinski definition) is 3. The van der Waals surface area contributed by atoms with Gasteiger partial charge >= 0.3 is 0 Å². The lowest BCUT2D eigenvalue weighted by molar-refractivity contribution is 0.0252. The highest BCUT2D eigenvalue weighted by Gasteiger charge is 2.42. The minimum atomic E-state index is -0.367. The minimum Gasteiger partial charge on any atom is -0.366 e. The van der Waals surface area contributed by atoms with E-state index in [0.717, 1.165) is 31.4 Å². The number of nitrogens with zero attached hydrogens (tertiary/aromatic N) is 2. The summed E-state index contributed by atoms with van der Waals surface area (Å²) in [6.45, 7) is 2.38. The van der Waals surface area contributed by atoms with Crippen molar-refractivity contribution in [3.8, 4) is 0 Å². The van der Waals surface area contributed by atoms with E-state index in [9.17, 15) is 4.79 Å². The number of piperidine rings is 1. The first-order valence-corrected chi connectivity index (χ1v) is 10.3. The molecular formula is C23H29N3O. The number of hydrogen-bond donors (Lipinski definition) is 1. The number of carbonyl (C=O) groups is 1. The summed E-state index contributed by atoms with van der Waals surface area (Å²) >= 11 is 0. The van der Waals surface area contributed by atoms with Gasteiger partial charge in [-0.1, -0.05) is 36.8 Å². The van der Waals surface area contributed by atoms with Crippen LogP contribution in [0.4, 0.5) is 0 Å². The first-order chi connectivity index (χ1) is 13.2. The van der Waals surface area contributed by atoms with Gasteiger partial charge in [0.05, 0.1) is 11.3 Å². The van der Waals surface area contributed by atoms with E-state index in [4.69, 9.17) is 5.73 Å². The Morgan fingerprint density at radius 1 is 1.00 bits per heavy atom. The first-order valence-electron chi connectivity index (χ1n) is 10.3. The van der Waals surface area contributed by atoms with Gasteiger partial charge in [0, 0.05) is 17.7 Å². The number of primary amides is 1. The van der Waals surface area contributed by atoms with Gasteiger partial charge in [-0.15, -0.1) is 0 Å². The Labute approximate surface area is 161 Å². The monoisotopic (exact) mass is 363 g/mol. The van der Waals surface area contributed by atoms with E-state index in [2.05, 4.69) is 40.2 Å². The van der Waals surface area contributed by atoms with Crippen LogP contribution in [0.2, 0.25) is 0 Å². The summed E-state index contributed by atoms with van der Waals surface area (Å²) in [5.41, 5.74) is 8.65. The van der Waals surface area contributed by atoms with Crippen molar-refractivity contribution in [1.29, 1.82) is 0 Å². The molecule has 4 nitrogen and oxygen atoms in total. The molecule has 4 rings (SSSR count). The average Bonchev–Trinajstić information content (AvgIpc) is 2.75. The fraction of sp³-hybridized carbons (Fsp3) is 0.478. The van der Waals surface area contributed by atoms with Gasteiger partial charge in [-0.25, -0.2) is 0 Å². The normalized spacial score (nSPS) is 26.6. The number of aromatic nitrogens is 1. The van der Waals surface area contributed by atoms with Gasteiger partial charge in [0.1, 0.15) is 0 Å². The van der Waals surface area contributed by atoms with E-state index in [1.807, 2.05) is 6.07 Å². The lowest BCUT2D eigenvalue weighted by Gasteiger charge is -2.50. The Bertz CT molecular complexity index is 775.